The van der Waals surface area contributed by atoms with Gasteiger partial charge in [0.1, 0.15) is 0 Å². The minimum atomic E-state index is -0.661. The SMILES string of the molecule is C=C(C(=O)OC)[C@@H]1CC[C@H](C)[C@H]2C(=C(C)C(=O)[C@H]2NC(=O)CNC(=O)c2ccccc2)C1. The average Bonchev–Trinajstić information content (AvgIpc) is 2.93. The predicted octanol–water partition coefficient (Wildman–Crippen LogP) is 2.58. The molecular weight excluding hydrogens is 408 g/mol. The maximum atomic E-state index is 13.0. The Labute approximate surface area is 188 Å². The quantitative estimate of drug-likeness (QED) is 0.525. The Morgan fingerprint density at radius 1 is 1.16 bits per heavy atom. The van der Waals surface area contributed by atoms with Crippen molar-refractivity contribution >= 4 is 23.6 Å². The molecule has 4 atom stereocenters. The molecule has 2 aliphatic rings. The third kappa shape index (κ3) is 4.82. The molecule has 7 heteroatoms. The van der Waals surface area contributed by atoms with Crippen molar-refractivity contribution in [1.82, 2.24) is 10.6 Å². The monoisotopic (exact) mass is 438 g/mol. The van der Waals surface area contributed by atoms with E-state index >= 15 is 0 Å². The smallest absolute Gasteiger partial charge is 0.333 e. The topological polar surface area (TPSA) is 102 Å². The molecule has 1 aromatic rings. The van der Waals surface area contributed by atoms with Crippen LogP contribution in [0.25, 0.3) is 0 Å². The molecule has 2 amide bonds. The minimum Gasteiger partial charge on any atom is -0.466 e. The van der Waals surface area contributed by atoms with Crippen LogP contribution in [0, 0.1) is 17.8 Å². The highest BCUT2D eigenvalue weighted by Crippen LogP contribution is 2.45. The Balaban J connectivity index is 1.68. The lowest BCUT2D eigenvalue weighted by Crippen LogP contribution is -2.48. The molecule has 1 aromatic carbocycles. The van der Waals surface area contributed by atoms with Crippen molar-refractivity contribution in [3.63, 3.8) is 0 Å². The van der Waals surface area contributed by atoms with Gasteiger partial charge >= 0.3 is 5.97 Å². The first kappa shape index (κ1) is 23.4. The summed E-state index contributed by atoms with van der Waals surface area (Å²) in [4.78, 5) is 49.8. The number of carbonyl (C=O) groups is 4. The van der Waals surface area contributed by atoms with E-state index < -0.39 is 17.9 Å². The predicted molar refractivity (Wildman–Crippen MR) is 120 cm³/mol. The van der Waals surface area contributed by atoms with Crippen molar-refractivity contribution in [2.24, 2.45) is 17.8 Å². The summed E-state index contributed by atoms with van der Waals surface area (Å²) in [6.07, 6.45) is 2.12. The van der Waals surface area contributed by atoms with Crippen LogP contribution in [0.1, 0.15) is 43.5 Å². The summed E-state index contributed by atoms with van der Waals surface area (Å²) < 4.78 is 4.83. The fourth-order valence-corrected chi connectivity index (χ4v) is 4.81. The summed E-state index contributed by atoms with van der Waals surface area (Å²) in [6.45, 7) is 7.55. The molecule has 0 radical (unpaired) electrons. The normalized spacial score (nSPS) is 24.9. The van der Waals surface area contributed by atoms with Crippen molar-refractivity contribution in [2.45, 2.75) is 39.2 Å². The molecule has 32 heavy (non-hydrogen) atoms. The highest BCUT2D eigenvalue weighted by atomic mass is 16.5. The highest BCUT2D eigenvalue weighted by Gasteiger charge is 2.45. The number of rotatable bonds is 6. The Morgan fingerprint density at radius 3 is 2.50 bits per heavy atom. The Bertz CT molecular complexity index is 966. The summed E-state index contributed by atoms with van der Waals surface area (Å²) in [7, 11) is 1.33. The molecule has 0 unspecified atom stereocenters. The molecule has 0 bridgehead atoms. The van der Waals surface area contributed by atoms with Gasteiger partial charge < -0.3 is 15.4 Å². The molecule has 3 rings (SSSR count). The van der Waals surface area contributed by atoms with Gasteiger partial charge in [0.15, 0.2) is 5.78 Å². The lowest BCUT2D eigenvalue weighted by Gasteiger charge is -2.26. The molecule has 170 valence electrons. The standard InChI is InChI=1S/C25H30N2O5/c1-14-10-11-18(15(2)25(31)32-4)12-19-16(3)23(29)22(21(14)19)27-20(28)13-26-24(30)17-8-6-5-7-9-17/h5-9,14,18,21-22H,2,10-13H2,1,3-4H3,(H,26,30)(H,27,28)/t14-,18+,21-,22-/m0/s1. The number of ketones is 1. The van der Waals surface area contributed by atoms with Crippen LogP contribution in [-0.2, 0) is 19.1 Å². The summed E-state index contributed by atoms with van der Waals surface area (Å²) in [5, 5.41) is 5.44. The van der Waals surface area contributed by atoms with Gasteiger partial charge in [-0.2, -0.15) is 0 Å². The summed E-state index contributed by atoms with van der Waals surface area (Å²) >= 11 is 0. The van der Waals surface area contributed by atoms with E-state index in [2.05, 4.69) is 24.1 Å². The molecule has 1 saturated carbocycles. The first-order chi connectivity index (χ1) is 15.2. The van der Waals surface area contributed by atoms with E-state index in [0.29, 0.717) is 23.1 Å². The van der Waals surface area contributed by atoms with E-state index in [1.54, 1.807) is 37.3 Å². The number of esters is 1. The third-order valence-electron chi connectivity index (χ3n) is 6.65. The van der Waals surface area contributed by atoms with E-state index in [9.17, 15) is 19.2 Å². The number of benzene rings is 1. The molecule has 2 aliphatic carbocycles. The molecule has 0 saturated heterocycles. The Kier molecular flexibility index (Phi) is 7.28. The Morgan fingerprint density at radius 2 is 1.84 bits per heavy atom. The van der Waals surface area contributed by atoms with Crippen molar-refractivity contribution < 1.29 is 23.9 Å². The van der Waals surface area contributed by atoms with Crippen LogP contribution in [0.15, 0.2) is 53.6 Å². The van der Waals surface area contributed by atoms with Gasteiger partial charge in [0, 0.05) is 17.1 Å². The second-order valence-corrected chi connectivity index (χ2v) is 8.61. The molecule has 0 aromatic heterocycles. The zero-order valence-corrected chi connectivity index (χ0v) is 18.8. The van der Waals surface area contributed by atoms with Gasteiger partial charge in [-0.05, 0) is 55.7 Å². The molecule has 7 nitrogen and oxygen atoms in total. The van der Waals surface area contributed by atoms with Crippen molar-refractivity contribution in [1.29, 1.82) is 0 Å². The highest BCUT2D eigenvalue weighted by molar-refractivity contribution is 6.05. The average molecular weight is 439 g/mol. The van der Waals surface area contributed by atoms with E-state index in [4.69, 9.17) is 4.74 Å². The molecule has 2 N–H and O–H groups in total. The van der Waals surface area contributed by atoms with Gasteiger partial charge in [-0.1, -0.05) is 37.3 Å². The first-order valence-electron chi connectivity index (χ1n) is 10.9. The van der Waals surface area contributed by atoms with Gasteiger partial charge in [-0.25, -0.2) is 4.79 Å². The Hall–Kier alpha value is -3.22. The van der Waals surface area contributed by atoms with E-state index in [1.165, 1.54) is 7.11 Å². The number of hydrogen-bond donors (Lipinski definition) is 2. The van der Waals surface area contributed by atoms with E-state index in [-0.39, 0.29) is 36.0 Å². The van der Waals surface area contributed by atoms with Crippen molar-refractivity contribution in [3.05, 3.63) is 59.2 Å². The number of hydrogen-bond acceptors (Lipinski definition) is 5. The second-order valence-electron chi connectivity index (χ2n) is 8.61. The van der Waals surface area contributed by atoms with Crippen LogP contribution in [0.3, 0.4) is 0 Å². The van der Waals surface area contributed by atoms with E-state index in [1.807, 2.05) is 0 Å². The second kappa shape index (κ2) is 9.94. The minimum absolute atomic E-state index is 0.0905. The number of carbonyl (C=O) groups excluding carboxylic acids is 4. The number of fused-ring (bicyclic) bond motifs is 1. The fraction of sp³-hybridized carbons (Fsp3) is 0.440. The number of ether oxygens (including phenoxy) is 1. The third-order valence-corrected chi connectivity index (χ3v) is 6.65. The lowest BCUT2D eigenvalue weighted by molar-refractivity contribution is -0.136. The zero-order valence-electron chi connectivity index (χ0n) is 18.8. The number of nitrogens with one attached hydrogen (secondary N) is 2. The summed E-state index contributed by atoms with van der Waals surface area (Å²) in [5.74, 6) is -1.37. The molecule has 0 aliphatic heterocycles. The van der Waals surface area contributed by atoms with E-state index in [0.717, 1.165) is 18.4 Å². The maximum absolute atomic E-state index is 13.0. The van der Waals surface area contributed by atoms with Crippen molar-refractivity contribution in [3.8, 4) is 0 Å². The van der Waals surface area contributed by atoms with Crippen LogP contribution in [0.2, 0.25) is 0 Å². The van der Waals surface area contributed by atoms with Gasteiger partial charge in [0.2, 0.25) is 5.91 Å². The summed E-state index contributed by atoms with van der Waals surface area (Å²) in [6, 6.07) is 7.97. The number of Topliss-reactive ketones (excluding diaryl/α,β-unsaturated/α-hetero) is 1. The molecule has 0 heterocycles. The molecular formula is C25H30N2O5. The van der Waals surface area contributed by atoms with Gasteiger partial charge in [-0.3, -0.25) is 14.4 Å². The van der Waals surface area contributed by atoms with Crippen LogP contribution in [0.4, 0.5) is 0 Å². The van der Waals surface area contributed by atoms with Gasteiger partial charge in [-0.15, -0.1) is 0 Å². The fourth-order valence-electron chi connectivity index (χ4n) is 4.81. The van der Waals surface area contributed by atoms with Gasteiger partial charge in [0.05, 0.1) is 19.7 Å². The summed E-state index contributed by atoms with van der Waals surface area (Å²) in [5.41, 5.74) is 2.51. The van der Waals surface area contributed by atoms with Gasteiger partial charge in [0.25, 0.3) is 5.91 Å². The molecule has 1 fully saturated rings. The number of amides is 2. The van der Waals surface area contributed by atoms with Crippen LogP contribution < -0.4 is 10.6 Å². The van der Waals surface area contributed by atoms with Crippen molar-refractivity contribution in [2.75, 3.05) is 13.7 Å². The lowest BCUT2D eigenvalue weighted by atomic mass is 9.83. The largest absolute Gasteiger partial charge is 0.466 e. The first-order valence-corrected chi connectivity index (χ1v) is 10.9. The maximum Gasteiger partial charge on any atom is 0.333 e. The van der Waals surface area contributed by atoms with Crippen LogP contribution in [-0.4, -0.2) is 43.3 Å². The zero-order chi connectivity index (χ0) is 23.4. The number of methoxy groups -OCH3 is 1. The van der Waals surface area contributed by atoms with Crippen LogP contribution in [0.5, 0.6) is 0 Å². The molecule has 0 spiro atoms. The van der Waals surface area contributed by atoms with Crippen LogP contribution >= 0.6 is 0 Å².